The first-order valence-corrected chi connectivity index (χ1v) is 7.51. The van der Waals surface area contributed by atoms with E-state index in [0.717, 1.165) is 12.8 Å². The van der Waals surface area contributed by atoms with Crippen molar-refractivity contribution in [2.75, 3.05) is 24.4 Å². The zero-order chi connectivity index (χ0) is 14.0. The van der Waals surface area contributed by atoms with E-state index < -0.39 is 10.2 Å². The number of hydrogen-bond acceptors (Lipinski definition) is 3. The number of nitrogens with one attached hydrogen (secondary N) is 1. The average molecular weight is 282 g/mol. The number of nitrogen functional groups attached to an aromatic ring is 1. The van der Waals surface area contributed by atoms with Crippen LogP contribution in [0.1, 0.15) is 18.4 Å². The van der Waals surface area contributed by atoms with Crippen molar-refractivity contribution in [3.63, 3.8) is 0 Å². The van der Waals surface area contributed by atoms with E-state index in [2.05, 4.69) is 0 Å². The van der Waals surface area contributed by atoms with Crippen LogP contribution in [0.4, 0.5) is 5.69 Å². The van der Waals surface area contributed by atoms with E-state index in [9.17, 15) is 8.42 Å². The lowest BCUT2D eigenvalue weighted by atomic mass is 10.2. The maximum Gasteiger partial charge on any atom is 0.303 e. The number of anilines is 1. The van der Waals surface area contributed by atoms with Crippen LogP contribution >= 0.6 is 0 Å². The van der Waals surface area contributed by atoms with Crippen molar-refractivity contribution in [2.24, 2.45) is 5.73 Å². The molecule has 1 aromatic rings. The van der Waals surface area contributed by atoms with Crippen molar-refractivity contribution in [3.8, 4) is 0 Å². The number of amidine groups is 1. The van der Waals surface area contributed by atoms with Crippen molar-refractivity contribution < 1.29 is 8.42 Å². The number of nitrogens with zero attached hydrogens (tertiary/aromatic N) is 2. The molecule has 104 valence electrons. The zero-order valence-corrected chi connectivity index (χ0v) is 11.7. The van der Waals surface area contributed by atoms with Gasteiger partial charge in [-0.15, -0.1) is 0 Å². The first kappa shape index (κ1) is 13.8. The van der Waals surface area contributed by atoms with Gasteiger partial charge in [0.15, 0.2) is 0 Å². The number of benzene rings is 1. The minimum absolute atomic E-state index is 0.0752. The molecule has 0 unspecified atom stereocenters. The SMILES string of the molecule is CN(c1cccc(C(=N)N)c1)S(=O)(=O)N1CCCC1. The second kappa shape index (κ2) is 5.18. The largest absolute Gasteiger partial charge is 0.384 e. The molecular weight excluding hydrogens is 264 g/mol. The molecule has 0 aromatic heterocycles. The number of nitrogens with two attached hydrogens (primary N) is 1. The Kier molecular flexibility index (Phi) is 3.77. The summed E-state index contributed by atoms with van der Waals surface area (Å²) in [6, 6.07) is 6.68. The lowest BCUT2D eigenvalue weighted by Gasteiger charge is -2.25. The molecule has 2 rings (SSSR count). The summed E-state index contributed by atoms with van der Waals surface area (Å²) in [7, 11) is -1.96. The Labute approximate surface area is 113 Å². The zero-order valence-electron chi connectivity index (χ0n) is 10.8. The smallest absolute Gasteiger partial charge is 0.303 e. The summed E-state index contributed by atoms with van der Waals surface area (Å²) < 4.78 is 27.5. The Morgan fingerprint density at radius 3 is 2.58 bits per heavy atom. The number of hydrogen-bond donors (Lipinski definition) is 2. The van der Waals surface area contributed by atoms with E-state index in [-0.39, 0.29) is 5.84 Å². The average Bonchev–Trinajstić information content (AvgIpc) is 2.92. The Balaban J connectivity index is 2.30. The molecule has 3 N–H and O–H groups in total. The molecule has 1 heterocycles. The maximum absolute atomic E-state index is 12.4. The van der Waals surface area contributed by atoms with Crippen molar-refractivity contribution in [1.82, 2.24) is 4.31 Å². The van der Waals surface area contributed by atoms with Gasteiger partial charge < -0.3 is 5.73 Å². The molecule has 7 heteroatoms. The summed E-state index contributed by atoms with van der Waals surface area (Å²) in [5, 5.41) is 7.40. The van der Waals surface area contributed by atoms with Gasteiger partial charge in [-0.05, 0) is 25.0 Å². The predicted molar refractivity (Wildman–Crippen MR) is 75.6 cm³/mol. The third-order valence-corrected chi connectivity index (χ3v) is 5.18. The molecule has 6 nitrogen and oxygen atoms in total. The minimum Gasteiger partial charge on any atom is -0.384 e. The maximum atomic E-state index is 12.4. The standard InChI is InChI=1S/C12H18N4O2S/c1-15(19(17,18)16-7-2-3-8-16)11-6-4-5-10(9-11)12(13)14/h4-6,9H,2-3,7-8H2,1H3,(H3,13,14). The highest BCUT2D eigenvalue weighted by Crippen LogP contribution is 2.22. The highest BCUT2D eigenvalue weighted by atomic mass is 32.2. The van der Waals surface area contributed by atoms with Crippen LogP contribution in [0.2, 0.25) is 0 Å². The molecule has 19 heavy (non-hydrogen) atoms. The predicted octanol–water partition coefficient (Wildman–Crippen LogP) is 0.747. The first-order valence-electron chi connectivity index (χ1n) is 6.11. The fraction of sp³-hybridized carbons (Fsp3) is 0.417. The summed E-state index contributed by atoms with van der Waals surface area (Å²) in [5.74, 6) is -0.0752. The second-order valence-corrected chi connectivity index (χ2v) is 6.51. The molecule has 0 aliphatic carbocycles. The van der Waals surface area contributed by atoms with Crippen molar-refractivity contribution in [3.05, 3.63) is 29.8 Å². The van der Waals surface area contributed by atoms with Gasteiger partial charge in [-0.1, -0.05) is 12.1 Å². The quantitative estimate of drug-likeness (QED) is 0.630. The van der Waals surface area contributed by atoms with Crippen LogP contribution in [0.3, 0.4) is 0 Å². The molecule has 1 aromatic carbocycles. The van der Waals surface area contributed by atoms with E-state index in [1.165, 1.54) is 15.7 Å². The van der Waals surface area contributed by atoms with Crippen LogP contribution in [-0.4, -0.2) is 38.7 Å². The van der Waals surface area contributed by atoms with E-state index in [1.54, 1.807) is 24.3 Å². The van der Waals surface area contributed by atoms with Crippen LogP contribution in [0.5, 0.6) is 0 Å². The molecule has 0 saturated carbocycles. The molecule has 0 spiro atoms. The van der Waals surface area contributed by atoms with Gasteiger partial charge in [0.05, 0.1) is 5.69 Å². The van der Waals surface area contributed by atoms with Crippen LogP contribution in [0.15, 0.2) is 24.3 Å². The highest BCUT2D eigenvalue weighted by Gasteiger charge is 2.29. The Bertz CT molecular complexity index is 579. The molecular formula is C12H18N4O2S. The van der Waals surface area contributed by atoms with Gasteiger partial charge in [0.2, 0.25) is 0 Å². The summed E-state index contributed by atoms with van der Waals surface area (Å²) >= 11 is 0. The first-order chi connectivity index (χ1) is 8.93. The highest BCUT2D eigenvalue weighted by molar-refractivity contribution is 7.90. The lowest BCUT2D eigenvalue weighted by molar-refractivity contribution is 0.476. The molecule has 1 aliphatic rings. The van der Waals surface area contributed by atoms with Crippen molar-refractivity contribution in [1.29, 1.82) is 5.41 Å². The molecule has 1 saturated heterocycles. The van der Waals surface area contributed by atoms with Crippen LogP contribution in [0, 0.1) is 5.41 Å². The Morgan fingerprint density at radius 2 is 2.00 bits per heavy atom. The fourth-order valence-electron chi connectivity index (χ4n) is 2.09. The van der Waals surface area contributed by atoms with Crippen molar-refractivity contribution in [2.45, 2.75) is 12.8 Å². The van der Waals surface area contributed by atoms with Gasteiger partial charge in [0.1, 0.15) is 5.84 Å². The summed E-state index contributed by atoms with van der Waals surface area (Å²) in [4.78, 5) is 0. The van der Waals surface area contributed by atoms with Crippen LogP contribution < -0.4 is 10.0 Å². The van der Waals surface area contributed by atoms with Gasteiger partial charge in [0, 0.05) is 25.7 Å². The molecule has 0 bridgehead atoms. The molecule has 0 radical (unpaired) electrons. The molecule has 0 atom stereocenters. The minimum atomic E-state index is -3.48. The van der Waals surface area contributed by atoms with E-state index in [0.29, 0.717) is 24.3 Å². The summed E-state index contributed by atoms with van der Waals surface area (Å²) in [5.41, 5.74) is 6.45. The topological polar surface area (TPSA) is 90.5 Å². The number of rotatable bonds is 4. The summed E-state index contributed by atoms with van der Waals surface area (Å²) in [6.45, 7) is 1.14. The monoisotopic (exact) mass is 282 g/mol. The Hall–Kier alpha value is -1.60. The van der Waals surface area contributed by atoms with Crippen LogP contribution in [-0.2, 0) is 10.2 Å². The fourth-order valence-corrected chi connectivity index (χ4v) is 3.54. The second-order valence-electron chi connectivity index (χ2n) is 4.55. The Morgan fingerprint density at radius 1 is 1.37 bits per heavy atom. The van der Waals surface area contributed by atoms with E-state index in [1.807, 2.05) is 0 Å². The molecule has 1 aliphatic heterocycles. The van der Waals surface area contributed by atoms with Crippen molar-refractivity contribution >= 4 is 21.7 Å². The molecule has 1 fully saturated rings. The van der Waals surface area contributed by atoms with E-state index in [4.69, 9.17) is 11.1 Å². The van der Waals surface area contributed by atoms with E-state index >= 15 is 0 Å². The van der Waals surface area contributed by atoms with Gasteiger partial charge in [-0.2, -0.15) is 12.7 Å². The normalized spacial score (nSPS) is 16.5. The summed E-state index contributed by atoms with van der Waals surface area (Å²) in [6.07, 6.45) is 1.81. The third kappa shape index (κ3) is 2.71. The third-order valence-electron chi connectivity index (χ3n) is 3.26. The van der Waals surface area contributed by atoms with Gasteiger partial charge in [0.25, 0.3) is 0 Å². The van der Waals surface area contributed by atoms with Gasteiger partial charge >= 0.3 is 10.2 Å². The molecule has 0 amide bonds. The lowest BCUT2D eigenvalue weighted by Crippen LogP contribution is -2.40. The van der Waals surface area contributed by atoms with Crippen LogP contribution in [0.25, 0.3) is 0 Å². The van der Waals surface area contributed by atoms with Gasteiger partial charge in [-0.25, -0.2) is 0 Å². The van der Waals surface area contributed by atoms with Gasteiger partial charge in [-0.3, -0.25) is 9.71 Å².